The zero-order valence-corrected chi connectivity index (χ0v) is 12.8. The van der Waals surface area contributed by atoms with Crippen molar-refractivity contribution in [2.75, 3.05) is 18.1 Å². The molecular weight excluding hydrogens is 262 g/mol. The van der Waals surface area contributed by atoms with Crippen LogP contribution in [0.25, 0.3) is 0 Å². The van der Waals surface area contributed by atoms with Gasteiger partial charge in [-0.2, -0.15) is 0 Å². The first-order valence-corrected chi connectivity index (χ1v) is 8.76. The number of fused-ring (bicyclic) bond motifs is 1. The molecule has 0 radical (unpaired) electrons. The summed E-state index contributed by atoms with van der Waals surface area (Å²) in [5.41, 5.74) is 2.30. The molecule has 1 aromatic rings. The van der Waals surface area contributed by atoms with Crippen molar-refractivity contribution in [2.45, 2.75) is 46.2 Å². The Hall–Kier alpha value is -0.880. The highest BCUT2D eigenvalue weighted by Gasteiger charge is 2.22. The second kappa shape index (κ2) is 5.63. The van der Waals surface area contributed by atoms with E-state index in [4.69, 9.17) is 0 Å². The molecule has 1 N–H and O–H groups in total. The van der Waals surface area contributed by atoms with Crippen molar-refractivity contribution >= 4 is 9.84 Å². The zero-order valence-electron chi connectivity index (χ0n) is 11.9. The molecule has 0 saturated heterocycles. The van der Waals surface area contributed by atoms with Gasteiger partial charge in [0, 0.05) is 43.4 Å². The Bertz CT molecular complexity index is 546. The fraction of sp³-hybridized carbons (Fsp3) is 0.769. The summed E-state index contributed by atoms with van der Waals surface area (Å²) >= 11 is 0. The molecule has 0 spiro atoms. The molecule has 0 aliphatic carbocycles. The molecule has 1 aliphatic heterocycles. The number of rotatable bonds is 5. The van der Waals surface area contributed by atoms with E-state index >= 15 is 0 Å². The molecule has 0 atom stereocenters. The highest BCUT2D eigenvalue weighted by Crippen LogP contribution is 2.21. The van der Waals surface area contributed by atoms with E-state index in [1.807, 2.05) is 0 Å². The lowest BCUT2D eigenvalue weighted by atomic mass is 10.2. The van der Waals surface area contributed by atoms with E-state index in [-0.39, 0.29) is 11.5 Å². The molecule has 0 unspecified atom stereocenters. The van der Waals surface area contributed by atoms with Crippen molar-refractivity contribution in [1.82, 2.24) is 14.9 Å². The van der Waals surface area contributed by atoms with Gasteiger partial charge in [0.1, 0.15) is 5.82 Å². The molecule has 2 rings (SSSR count). The Balaban J connectivity index is 2.29. The predicted octanol–water partition coefficient (Wildman–Crippen LogP) is 1.09. The Morgan fingerprint density at radius 3 is 2.79 bits per heavy atom. The number of sulfone groups is 1. The van der Waals surface area contributed by atoms with Gasteiger partial charge in [-0.3, -0.25) is 0 Å². The first-order valence-electron chi connectivity index (χ1n) is 6.94. The van der Waals surface area contributed by atoms with Crippen LogP contribution in [-0.4, -0.2) is 36.0 Å². The lowest BCUT2D eigenvalue weighted by Gasteiger charge is -2.17. The summed E-state index contributed by atoms with van der Waals surface area (Å²) in [6, 6.07) is 0. The topological polar surface area (TPSA) is 64.0 Å². The average molecular weight is 285 g/mol. The maximum Gasteiger partial charge on any atom is 0.151 e. The van der Waals surface area contributed by atoms with Crippen LogP contribution in [0.15, 0.2) is 0 Å². The van der Waals surface area contributed by atoms with Gasteiger partial charge >= 0.3 is 0 Å². The molecule has 1 aliphatic rings. The van der Waals surface area contributed by atoms with Crippen LogP contribution in [0, 0.1) is 0 Å². The third-order valence-corrected chi connectivity index (χ3v) is 5.28. The van der Waals surface area contributed by atoms with Crippen LogP contribution in [-0.2, 0) is 29.3 Å². The van der Waals surface area contributed by atoms with E-state index in [9.17, 15) is 8.42 Å². The summed E-state index contributed by atoms with van der Waals surface area (Å²) in [6.45, 7) is 8.18. The Kier molecular flexibility index (Phi) is 4.30. The van der Waals surface area contributed by atoms with Gasteiger partial charge in [-0.15, -0.1) is 0 Å². The number of nitrogens with zero attached hydrogens (tertiary/aromatic N) is 2. The second-order valence-electron chi connectivity index (χ2n) is 5.33. The van der Waals surface area contributed by atoms with Gasteiger partial charge in [0.05, 0.1) is 11.4 Å². The average Bonchev–Trinajstić information content (AvgIpc) is 2.75. The number of aromatic nitrogens is 2. The van der Waals surface area contributed by atoms with Gasteiger partial charge in [0.25, 0.3) is 0 Å². The fourth-order valence-electron chi connectivity index (χ4n) is 2.46. The van der Waals surface area contributed by atoms with Gasteiger partial charge in [0.15, 0.2) is 9.84 Å². The van der Waals surface area contributed by atoms with Gasteiger partial charge < -0.3 is 9.88 Å². The van der Waals surface area contributed by atoms with Gasteiger partial charge in [-0.1, -0.05) is 20.8 Å². The number of hydrogen-bond acceptors (Lipinski definition) is 4. The Labute approximate surface area is 115 Å². The monoisotopic (exact) mass is 285 g/mol. The van der Waals surface area contributed by atoms with Crippen LogP contribution in [0.3, 0.4) is 0 Å². The summed E-state index contributed by atoms with van der Waals surface area (Å²) in [5.74, 6) is 1.75. The van der Waals surface area contributed by atoms with Crippen molar-refractivity contribution in [3.63, 3.8) is 0 Å². The summed E-state index contributed by atoms with van der Waals surface area (Å²) in [7, 11) is -2.93. The summed E-state index contributed by atoms with van der Waals surface area (Å²) in [5, 5.41) is 3.31. The van der Waals surface area contributed by atoms with E-state index in [1.165, 1.54) is 5.69 Å². The van der Waals surface area contributed by atoms with E-state index in [0.717, 1.165) is 31.0 Å². The molecule has 1 aromatic heterocycles. The minimum atomic E-state index is -2.93. The van der Waals surface area contributed by atoms with E-state index < -0.39 is 9.84 Å². The summed E-state index contributed by atoms with van der Waals surface area (Å²) in [6.07, 6.45) is 0.932. The Morgan fingerprint density at radius 2 is 2.16 bits per heavy atom. The third-order valence-electron chi connectivity index (χ3n) is 3.60. The zero-order chi connectivity index (χ0) is 14.0. The SMILES string of the molecule is CCS(=O)(=O)CCn1c(C(C)C)nc2c1CCNC2. The molecule has 0 bridgehead atoms. The minimum absolute atomic E-state index is 0.208. The van der Waals surface area contributed by atoms with E-state index in [0.29, 0.717) is 12.5 Å². The lowest BCUT2D eigenvalue weighted by Crippen LogP contribution is -2.26. The van der Waals surface area contributed by atoms with Crippen molar-refractivity contribution in [3.8, 4) is 0 Å². The van der Waals surface area contributed by atoms with Crippen molar-refractivity contribution < 1.29 is 8.42 Å². The number of nitrogens with one attached hydrogen (secondary N) is 1. The molecule has 6 heteroatoms. The first-order chi connectivity index (χ1) is 8.94. The molecule has 108 valence electrons. The molecule has 2 heterocycles. The smallest absolute Gasteiger partial charge is 0.151 e. The molecule has 0 aromatic carbocycles. The normalized spacial score (nSPS) is 15.8. The molecule has 0 fully saturated rings. The molecule has 5 nitrogen and oxygen atoms in total. The third kappa shape index (κ3) is 3.17. The highest BCUT2D eigenvalue weighted by atomic mass is 32.2. The quantitative estimate of drug-likeness (QED) is 0.879. The minimum Gasteiger partial charge on any atom is -0.330 e. The fourth-order valence-corrected chi connectivity index (χ4v) is 3.21. The van der Waals surface area contributed by atoms with Gasteiger partial charge in [-0.05, 0) is 0 Å². The molecular formula is C13H23N3O2S. The van der Waals surface area contributed by atoms with Crippen molar-refractivity contribution in [3.05, 3.63) is 17.2 Å². The highest BCUT2D eigenvalue weighted by molar-refractivity contribution is 7.91. The van der Waals surface area contributed by atoms with Crippen LogP contribution >= 0.6 is 0 Å². The number of hydrogen-bond donors (Lipinski definition) is 1. The summed E-state index contributed by atoms with van der Waals surface area (Å²) < 4.78 is 25.5. The van der Waals surface area contributed by atoms with Crippen LogP contribution in [0.2, 0.25) is 0 Å². The summed E-state index contributed by atoms with van der Waals surface area (Å²) in [4.78, 5) is 4.68. The first kappa shape index (κ1) is 14.5. The molecule has 0 saturated carbocycles. The largest absolute Gasteiger partial charge is 0.330 e. The number of imidazole rings is 1. The van der Waals surface area contributed by atoms with Crippen LogP contribution < -0.4 is 5.32 Å². The van der Waals surface area contributed by atoms with Crippen LogP contribution in [0.5, 0.6) is 0 Å². The Morgan fingerprint density at radius 1 is 1.42 bits per heavy atom. The predicted molar refractivity (Wildman–Crippen MR) is 76.1 cm³/mol. The van der Waals surface area contributed by atoms with Gasteiger partial charge in [-0.25, -0.2) is 13.4 Å². The maximum absolute atomic E-state index is 11.7. The van der Waals surface area contributed by atoms with Crippen LogP contribution in [0.1, 0.15) is 43.9 Å². The standard InChI is InChI=1S/C13H23N3O2S/c1-4-19(17,18)8-7-16-12-5-6-14-9-11(12)15-13(16)10(2)3/h10,14H,4-9H2,1-3H3. The lowest BCUT2D eigenvalue weighted by molar-refractivity contribution is 0.567. The molecule has 19 heavy (non-hydrogen) atoms. The second-order valence-corrected chi connectivity index (χ2v) is 7.81. The van der Waals surface area contributed by atoms with Crippen molar-refractivity contribution in [1.29, 1.82) is 0 Å². The maximum atomic E-state index is 11.7. The van der Waals surface area contributed by atoms with E-state index in [1.54, 1.807) is 6.92 Å². The van der Waals surface area contributed by atoms with Crippen molar-refractivity contribution in [2.24, 2.45) is 0 Å². The van der Waals surface area contributed by atoms with Gasteiger partial charge in [0.2, 0.25) is 0 Å². The molecule has 0 amide bonds. The van der Waals surface area contributed by atoms with E-state index in [2.05, 4.69) is 28.7 Å². The van der Waals surface area contributed by atoms with Crippen LogP contribution in [0.4, 0.5) is 0 Å².